The number of imidazole rings is 1. The number of benzene rings is 2. The summed E-state index contributed by atoms with van der Waals surface area (Å²) in [7, 11) is 0. The number of carbonyl (C=O) groups is 1. The Bertz CT molecular complexity index is 1040. The quantitative estimate of drug-likeness (QED) is 0.500. The van der Waals surface area contributed by atoms with Crippen molar-refractivity contribution in [3.05, 3.63) is 53.9 Å². The normalized spacial score (nSPS) is 16.7. The highest BCUT2D eigenvalue weighted by atomic mass is 19.3. The fourth-order valence-corrected chi connectivity index (χ4v) is 3.23. The molecule has 0 spiro atoms. The minimum Gasteiger partial charge on any atom is -0.490 e. The van der Waals surface area contributed by atoms with Crippen molar-refractivity contribution >= 4 is 22.6 Å². The molecule has 5 nitrogen and oxygen atoms in total. The largest absolute Gasteiger partial charge is 0.490 e. The molecule has 1 amide bonds. The molecule has 4 rings (SSSR count). The van der Waals surface area contributed by atoms with Crippen LogP contribution in [0.3, 0.4) is 0 Å². The van der Waals surface area contributed by atoms with Crippen LogP contribution in [0.4, 0.5) is 23.2 Å². The second-order valence-corrected chi connectivity index (χ2v) is 6.40. The summed E-state index contributed by atoms with van der Waals surface area (Å²) >= 11 is 0. The second kappa shape index (κ2) is 7.14. The third kappa shape index (κ3) is 3.17. The SMILES string of the molecule is O=C1C[C@@H](c2ccc(OCCC(F)F)c(F)c2F)N1c1ccc2[nH]cnc2c1. The predicted molar refractivity (Wildman–Crippen MR) is 93.4 cm³/mol. The van der Waals surface area contributed by atoms with Crippen LogP contribution in [0, 0.1) is 11.6 Å². The molecule has 3 aromatic rings. The molecule has 0 radical (unpaired) electrons. The van der Waals surface area contributed by atoms with E-state index in [4.69, 9.17) is 4.74 Å². The molecule has 0 unspecified atom stereocenters. The lowest BCUT2D eigenvalue weighted by atomic mass is 9.92. The molecule has 1 aliphatic rings. The standard InChI is InChI=1S/C19H15F4N3O2/c20-16(21)5-6-28-15-4-2-11(18(22)19(15)23)14-8-17(27)26(14)10-1-3-12-13(7-10)25-9-24-12/h1-4,7,9,14,16H,5-6,8H2,(H,24,25)/t14-/m0/s1. The summed E-state index contributed by atoms with van der Waals surface area (Å²) in [4.78, 5) is 20.6. The van der Waals surface area contributed by atoms with Crippen molar-refractivity contribution < 1.29 is 27.1 Å². The van der Waals surface area contributed by atoms with Crippen molar-refractivity contribution in [2.75, 3.05) is 11.5 Å². The van der Waals surface area contributed by atoms with Gasteiger partial charge in [-0.05, 0) is 24.3 Å². The number of nitrogens with zero attached hydrogens (tertiary/aromatic N) is 2. The van der Waals surface area contributed by atoms with Gasteiger partial charge in [0.15, 0.2) is 11.6 Å². The van der Waals surface area contributed by atoms with Gasteiger partial charge in [-0.25, -0.2) is 18.2 Å². The minimum absolute atomic E-state index is 0.000402. The molecule has 1 aromatic heterocycles. The highest BCUT2D eigenvalue weighted by Gasteiger charge is 2.40. The third-order valence-corrected chi connectivity index (χ3v) is 4.66. The zero-order valence-corrected chi connectivity index (χ0v) is 14.5. The summed E-state index contributed by atoms with van der Waals surface area (Å²) in [6.45, 7) is -0.426. The first-order valence-electron chi connectivity index (χ1n) is 8.59. The van der Waals surface area contributed by atoms with Gasteiger partial charge >= 0.3 is 0 Å². The van der Waals surface area contributed by atoms with Gasteiger partial charge in [-0.1, -0.05) is 6.07 Å². The van der Waals surface area contributed by atoms with Crippen LogP contribution in [0.5, 0.6) is 5.75 Å². The molecule has 1 N–H and O–H groups in total. The molecular weight excluding hydrogens is 378 g/mol. The number of alkyl halides is 2. The number of hydrogen-bond acceptors (Lipinski definition) is 3. The topological polar surface area (TPSA) is 58.2 Å². The Balaban J connectivity index is 1.59. The predicted octanol–water partition coefficient (Wildman–Crippen LogP) is 4.35. The molecule has 28 heavy (non-hydrogen) atoms. The molecule has 1 atom stereocenters. The Labute approximate surface area is 156 Å². The van der Waals surface area contributed by atoms with E-state index in [0.29, 0.717) is 11.2 Å². The first kappa shape index (κ1) is 18.3. The fraction of sp³-hybridized carbons (Fsp3) is 0.263. The van der Waals surface area contributed by atoms with Gasteiger partial charge in [-0.15, -0.1) is 0 Å². The maximum atomic E-state index is 14.6. The number of ether oxygens (including phenoxy) is 1. The van der Waals surface area contributed by atoms with Gasteiger partial charge in [0.05, 0.1) is 36.4 Å². The molecular formula is C19H15F4N3O2. The summed E-state index contributed by atoms with van der Waals surface area (Å²) in [5, 5.41) is 0. The van der Waals surface area contributed by atoms with Crippen molar-refractivity contribution in [3.8, 4) is 5.75 Å². The number of amides is 1. The summed E-state index contributed by atoms with van der Waals surface area (Å²) in [6, 6.07) is 6.96. The molecule has 0 bridgehead atoms. The van der Waals surface area contributed by atoms with Crippen LogP contribution in [0.15, 0.2) is 36.7 Å². The average Bonchev–Trinajstić information content (AvgIpc) is 3.11. The van der Waals surface area contributed by atoms with E-state index in [9.17, 15) is 22.4 Å². The molecule has 146 valence electrons. The summed E-state index contributed by atoms with van der Waals surface area (Å²) < 4.78 is 58.1. The number of aromatic nitrogens is 2. The Morgan fingerprint density at radius 2 is 2.04 bits per heavy atom. The number of H-pyrrole nitrogens is 1. The number of rotatable bonds is 6. The maximum Gasteiger partial charge on any atom is 0.241 e. The highest BCUT2D eigenvalue weighted by Crippen LogP contribution is 2.41. The van der Waals surface area contributed by atoms with Crippen LogP contribution >= 0.6 is 0 Å². The maximum absolute atomic E-state index is 14.6. The summed E-state index contributed by atoms with van der Waals surface area (Å²) in [6.07, 6.45) is -1.62. The number of nitrogens with one attached hydrogen (secondary N) is 1. The highest BCUT2D eigenvalue weighted by molar-refractivity contribution is 6.02. The van der Waals surface area contributed by atoms with Gasteiger partial charge in [-0.2, -0.15) is 4.39 Å². The molecule has 0 aliphatic carbocycles. The van der Waals surface area contributed by atoms with E-state index in [-0.39, 0.29) is 17.9 Å². The Kier molecular flexibility index (Phi) is 4.66. The Hall–Kier alpha value is -3.10. The van der Waals surface area contributed by atoms with Crippen molar-refractivity contribution in [1.29, 1.82) is 0 Å². The number of fused-ring (bicyclic) bond motifs is 1. The smallest absolute Gasteiger partial charge is 0.241 e. The van der Waals surface area contributed by atoms with Crippen molar-refractivity contribution in [2.45, 2.75) is 25.3 Å². The molecule has 0 saturated carbocycles. The van der Waals surface area contributed by atoms with E-state index in [1.165, 1.54) is 23.4 Å². The third-order valence-electron chi connectivity index (χ3n) is 4.66. The molecule has 2 aromatic carbocycles. The van der Waals surface area contributed by atoms with Crippen LogP contribution in [0.1, 0.15) is 24.4 Å². The van der Waals surface area contributed by atoms with E-state index >= 15 is 0 Å². The first-order valence-corrected chi connectivity index (χ1v) is 8.59. The zero-order chi connectivity index (χ0) is 19.8. The van der Waals surface area contributed by atoms with Crippen molar-refractivity contribution in [1.82, 2.24) is 9.97 Å². The van der Waals surface area contributed by atoms with Crippen molar-refractivity contribution in [3.63, 3.8) is 0 Å². The second-order valence-electron chi connectivity index (χ2n) is 6.40. The van der Waals surface area contributed by atoms with E-state index in [2.05, 4.69) is 9.97 Å². The number of aromatic amines is 1. The lowest BCUT2D eigenvalue weighted by Crippen LogP contribution is -2.47. The van der Waals surface area contributed by atoms with E-state index in [0.717, 1.165) is 5.52 Å². The van der Waals surface area contributed by atoms with Crippen LogP contribution < -0.4 is 9.64 Å². The van der Waals surface area contributed by atoms with Gasteiger partial charge in [0.2, 0.25) is 18.1 Å². The Morgan fingerprint density at radius 3 is 2.79 bits per heavy atom. The molecule has 1 aliphatic heterocycles. The van der Waals surface area contributed by atoms with Crippen molar-refractivity contribution in [2.24, 2.45) is 0 Å². The molecule has 9 heteroatoms. The summed E-state index contributed by atoms with van der Waals surface area (Å²) in [5.74, 6) is -3.07. The van der Waals surface area contributed by atoms with Crippen LogP contribution in [-0.4, -0.2) is 28.9 Å². The van der Waals surface area contributed by atoms with Crippen LogP contribution in [0.25, 0.3) is 11.0 Å². The van der Waals surface area contributed by atoms with E-state index in [1.807, 2.05) is 0 Å². The first-order chi connectivity index (χ1) is 13.5. The van der Waals surface area contributed by atoms with Gasteiger partial charge in [0, 0.05) is 17.7 Å². The zero-order valence-electron chi connectivity index (χ0n) is 14.5. The lowest BCUT2D eigenvalue weighted by molar-refractivity contribution is -0.124. The number of β-lactam (4-membered cyclic amide) rings is 1. The van der Waals surface area contributed by atoms with Gasteiger partial charge in [-0.3, -0.25) is 4.79 Å². The fourth-order valence-electron chi connectivity index (χ4n) is 3.23. The van der Waals surface area contributed by atoms with Gasteiger partial charge < -0.3 is 14.6 Å². The minimum atomic E-state index is -2.59. The lowest BCUT2D eigenvalue weighted by Gasteiger charge is -2.40. The molecule has 1 fully saturated rings. The monoisotopic (exact) mass is 393 g/mol. The number of hydrogen-bond donors (Lipinski definition) is 1. The molecule has 1 saturated heterocycles. The average molecular weight is 393 g/mol. The van der Waals surface area contributed by atoms with Gasteiger partial charge in [0.1, 0.15) is 0 Å². The number of anilines is 1. The van der Waals surface area contributed by atoms with Gasteiger partial charge in [0.25, 0.3) is 0 Å². The van der Waals surface area contributed by atoms with Crippen LogP contribution in [0.2, 0.25) is 0 Å². The molecule has 2 heterocycles. The number of carbonyl (C=O) groups excluding carboxylic acids is 1. The van der Waals surface area contributed by atoms with E-state index < -0.39 is 42.9 Å². The van der Waals surface area contributed by atoms with Crippen LogP contribution in [-0.2, 0) is 4.79 Å². The number of halogens is 4. The Morgan fingerprint density at radius 1 is 1.21 bits per heavy atom. The van der Waals surface area contributed by atoms with E-state index in [1.54, 1.807) is 18.2 Å². The summed E-state index contributed by atoms with van der Waals surface area (Å²) in [5.41, 5.74) is 1.96.